The van der Waals surface area contributed by atoms with Crippen LogP contribution in [0.2, 0.25) is 10.0 Å². The number of amides is 2. The van der Waals surface area contributed by atoms with Gasteiger partial charge in [0, 0.05) is 17.3 Å². The largest absolute Gasteiger partial charge is 0.496 e. The number of nitrogens with one attached hydrogen (secondary N) is 2. The fraction of sp³-hybridized carbons (Fsp3) is 0.167. The van der Waals surface area contributed by atoms with Gasteiger partial charge in [0.15, 0.2) is 0 Å². The summed E-state index contributed by atoms with van der Waals surface area (Å²) in [6.45, 7) is 0. The van der Waals surface area contributed by atoms with Crippen molar-refractivity contribution in [3.63, 3.8) is 0 Å². The second-order valence-electron chi connectivity index (χ2n) is 5.38. The van der Waals surface area contributed by atoms with Crippen LogP contribution in [0.3, 0.4) is 0 Å². The first-order chi connectivity index (χ1) is 13.3. The van der Waals surface area contributed by atoms with E-state index >= 15 is 0 Å². The minimum absolute atomic E-state index is 0.299. The van der Waals surface area contributed by atoms with Crippen LogP contribution in [0.25, 0.3) is 0 Å². The monoisotopic (exact) mass is 487 g/mol. The van der Waals surface area contributed by atoms with E-state index in [4.69, 9.17) is 32.7 Å². The summed E-state index contributed by atoms with van der Waals surface area (Å²) in [5.74, 6) is 0.00337. The molecule has 0 aromatic heterocycles. The first kappa shape index (κ1) is 22.0. The van der Waals surface area contributed by atoms with E-state index in [2.05, 4.69) is 31.8 Å². The lowest BCUT2D eigenvalue weighted by molar-refractivity contribution is -0.126. The molecule has 0 radical (unpaired) electrons. The molecule has 0 atom stereocenters. The highest BCUT2D eigenvalue weighted by Gasteiger charge is 2.11. The van der Waals surface area contributed by atoms with E-state index in [-0.39, 0.29) is 0 Å². The number of benzene rings is 2. The molecule has 2 amide bonds. The maximum atomic E-state index is 11.9. The number of carbonyl (C=O) groups excluding carboxylic acids is 2. The smallest absolute Gasteiger partial charge is 0.249 e. The number of ether oxygens (including phenoxy) is 2. The number of hydrazone groups is 1. The van der Waals surface area contributed by atoms with E-state index in [1.165, 1.54) is 26.5 Å². The molecule has 0 aliphatic carbocycles. The third-order valence-corrected chi connectivity index (χ3v) is 4.78. The van der Waals surface area contributed by atoms with E-state index < -0.39 is 18.2 Å². The molecule has 0 aliphatic heterocycles. The molecule has 0 unspecified atom stereocenters. The first-order valence-corrected chi connectivity index (χ1v) is 9.37. The molecule has 0 saturated heterocycles. The van der Waals surface area contributed by atoms with Crippen molar-refractivity contribution in [3.05, 3.63) is 50.4 Å². The molecule has 2 rings (SSSR count). The van der Waals surface area contributed by atoms with Gasteiger partial charge in [-0.15, -0.1) is 0 Å². The topological polar surface area (TPSA) is 89.0 Å². The Morgan fingerprint density at radius 2 is 1.79 bits per heavy atom. The summed E-state index contributed by atoms with van der Waals surface area (Å²) < 4.78 is 11.1. The predicted octanol–water partition coefficient (Wildman–Crippen LogP) is 4.25. The van der Waals surface area contributed by atoms with Gasteiger partial charge in [-0.25, -0.2) is 5.43 Å². The molecule has 2 N–H and O–H groups in total. The molecule has 28 heavy (non-hydrogen) atoms. The second-order valence-corrected chi connectivity index (χ2v) is 7.04. The predicted molar refractivity (Wildman–Crippen MR) is 113 cm³/mol. The van der Waals surface area contributed by atoms with Crippen molar-refractivity contribution in [2.75, 3.05) is 19.5 Å². The quantitative estimate of drug-likeness (QED) is 0.346. The fourth-order valence-corrected chi connectivity index (χ4v) is 2.94. The van der Waals surface area contributed by atoms with Gasteiger partial charge in [-0.1, -0.05) is 23.2 Å². The number of hydrogen-bond donors (Lipinski definition) is 2. The molecule has 2 aromatic carbocycles. The lowest BCUT2D eigenvalue weighted by Gasteiger charge is -2.09. The van der Waals surface area contributed by atoms with Crippen molar-refractivity contribution >= 4 is 62.8 Å². The molecule has 0 heterocycles. The van der Waals surface area contributed by atoms with Crippen molar-refractivity contribution in [3.8, 4) is 11.5 Å². The standard InChI is InChI=1S/C18H16BrCl2N3O4/c1-27-15-7-16(28-2)12(19)5-10(15)9-22-24-18(26)8-17(25)23-11-3-4-13(20)14(21)6-11/h3-7,9H,8H2,1-2H3,(H,23,25)(H,24,26). The number of methoxy groups -OCH3 is 2. The normalized spacial score (nSPS) is 10.6. The van der Waals surface area contributed by atoms with E-state index in [0.29, 0.717) is 37.3 Å². The van der Waals surface area contributed by atoms with E-state index in [9.17, 15) is 9.59 Å². The summed E-state index contributed by atoms with van der Waals surface area (Å²) in [5.41, 5.74) is 3.33. The fourth-order valence-electron chi connectivity index (χ4n) is 2.12. The molecule has 0 fully saturated rings. The Labute approximate surface area is 180 Å². The van der Waals surface area contributed by atoms with Gasteiger partial charge in [0.25, 0.3) is 0 Å². The molecular weight excluding hydrogens is 473 g/mol. The van der Waals surface area contributed by atoms with Gasteiger partial charge in [-0.2, -0.15) is 5.10 Å². The number of anilines is 1. The summed E-state index contributed by atoms with van der Waals surface area (Å²) in [5, 5.41) is 7.07. The van der Waals surface area contributed by atoms with Crippen molar-refractivity contribution in [1.82, 2.24) is 5.43 Å². The summed E-state index contributed by atoms with van der Waals surface area (Å²) in [7, 11) is 3.04. The van der Waals surface area contributed by atoms with Gasteiger partial charge >= 0.3 is 0 Å². The summed E-state index contributed by atoms with van der Waals surface area (Å²) in [6, 6.07) is 8.02. The highest BCUT2D eigenvalue weighted by Crippen LogP contribution is 2.32. The Kier molecular flexibility index (Phi) is 8.10. The molecule has 148 valence electrons. The minimum atomic E-state index is -0.583. The molecule has 0 aliphatic rings. The zero-order valence-corrected chi connectivity index (χ0v) is 18.0. The van der Waals surface area contributed by atoms with Crippen LogP contribution >= 0.6 is 39.1 Å². The van der Waals surface area contributed by atoms with Crippen LogP contribution in [0.5, 0.6) is 11.5 Å². The van der Waals surface area contributed by atoms with Crippen molar-refractivity contribution in [2.45, 2.75) is 6.42 Å². The lowest BCUT2D eigenvalue weighted by atomic mass is 10.2. The van der Waals surface area contributed by atoms with Crippen LogP contribution in [-0.4, -0.2) is 32.2 Å². The van der Waals surface area contributed by atoms with E-state index in [0.717, 1.165) is 0 Å². The van der Waals surface area contributed by atoms with Gasteiger partial charge in [-0.3, -0.25) is 9.59 Å². The van der Waals surface area contributed by atoms with Crippen LogP contribution < -0.4 is 20.2 Å². The average Bonchev–Trinajstić information content (AvgIpc) is 2.64. The Morgan fingerprint density at radius 3 is 2.43 bits per heavy atom. The third-order valence-electron chi connectivity index (χ3n) is 3.42. The Bertz CT molecular complexity index is 922. The zero-order chi connectivity index (χ0) is 20.7. The summed E-state index contributed by atoms with van der Waals surface area (Å²) >= 11 is 15.1. The zero-order valence-electron chi connectivity index (χ0n) is 14.9. The van der Waals surface area contributed by atoms with Gasteiger partial charge in [0.1, 0.15) is 17.9 Å². The highest BCUT2D eigenvalue weighted by atomic mass is 79.9. The van der Waals surface area contributed by atoms with Gasteiger partial charge in [0.05, 0.1) is 35.0 Å². The Morgan fingerprint density at radius 1 is 1.07 bits per heavy atom. The van der Waals surface area contributed by atoms with E-state index in [1.807, 2.05) is 0 Å². The number of hydrogen-bond acceptors (Lipinski definition) is 5. The number of nitrogens with zero attached hydrogens (tertiary/aromatic N) is 1. The number of rotatable bonds is 7. The molecule has 7 nitrogen and oxygen atoms in total. The Balaban J connectivity index is 1.93. The molecule has 2 aromatic rings. The van der Waals surface area contributed by atoms with Gasteiger partial charge < -0.3 is 14.8 Å². The highest BCUT2D eigenvalue weighted by molar-refractivity contribution is 9.10. The Hall–Kier alpha value is -2.29. The SMILES string of the molecule is COc1cc(OC)c(C=NNC(=O)CC(=O)Nc2ccc(Cl)c(Cl)c2)cc1Br. The van der Waals surface area contributed by atoms with Gasteiger partial charge in [0.2, 0.25) is 11.8 Å². The molecule has 0 spiro atoms. The molecule has 10 heteroatoms. The van der Waals surface area contributed by atoms with Crippen LogP contribution in [0.4, 0.5) is 5.69 Å². The molecule has 0 bridgehead atoms. The van der Waals surface area contributed by atoms with Crippen molar-refractivity contribution < 1.29 is 19.1 Å². The number of halogens is 3. The molecule has 0 saturated carbocycles. The minimum Gasteiger partial charge on any atom is -0.496 e. The third kappa shape index (κ3) is 6.12. The van der Waals surface area contributed by atoms with Crippen LogP contribution in [0.15, 0.2) is 39.9 Å². The first-order valence-electron chi connectivity index (χ1n) is 7.82. The maximum Gasteiger partial charge on any atom is 0.249 e. The van der Waals surface area contributed by atoms with Crippen molar-refractivity contribution in [1.29, 1.82) is 0 Å². The van der Waals surface area contributed by atoms with Crippen LogP contribution in [0, 0.1) is 0 Å². The number of carbonyl (C=O) groups is 2. The maximum absolute atomic E-state index is 11.9. The summed E-state index contributed by atoms with van der Waals surface area (Å²) in [4.78, 5) is 23.8. The van der Waals surface area contributed by atoms with Gasteiger partial charge in [-0.05, 0) is 40.2 Å². The van der Waals surface area contributed by atoms with E-state index in [1.54, 1.807) is 24.3 Å². The second kappa shape index (κ2) is 10.3. The van der Waals surface area contributed by atoms with Crippen molar-refractivity contribution in [2.24, 2.45) is 5.10 Å². The van der Waals surface area contributed by atoms with Crippen LogP contribution in [-0.2, 0) is 9.59 Å². The lowest BCUT2D eigenvalue weighted by Crippen LogP contribution is -2.24. The average molecular weight is 489 g/mol. The summed E-state index contributed by atoms with van der Waals surface area (Å²) in [6.07, 6.45) is 0.985. The molecular formula is C18H16BrCl2N3O4. The van der Waals surface area contributed by atoms with Crippen LogP contribution in [0.1, 0.15) is 12.0 Å².